The highest BCUT2D eigenvalue weighted by atomic mass is 19.4. The van der Waals surface area contributed by atoms with Gasteiger partial charge in [0.2, 0.25) is 5.91 Å². The van der Waals surface area contributed by atoms with Gasteiger partial charge in [-0.3, -0.25) is 14.5 Å². The molecule has 0 radical (unpaired) electrons. The van der Waals surface area contributed by atoms with Crippen LogP contribution in [0.1, 0.15) is 50.2 Å². The van der Waals surface area contributed by atoms with Crippen molar-refractivity contribution in [1.29, 1.82) is 0 Å². The first-order valence-electron chi connectivity index (χ1n) is 10.4. The molecule has 168 valence electrons. The van der Waals surface area contributed by atoms with Crippen LogP contribution >= 0.6 is 0 Å². The van der Waals surface area contributed by atoms with Crippen molar-refractivity contribution < 1.29 is 27.5 Å². The number of methoxy groups -OCH3 is 1. The normalized spacial score (nSPS) is 20.9. The lowest BCUT2D eigenvalue weighted by Gasteiger charge is -2.43. The number of para-hydroxylation sites is 1. The first-order valence-corrected chi connectivity index (χ1v) is 10.4. The van der Waals surface area contributed by atoms with Crippen LogP contribution in [0.5, 0.6) is 5.75 Å². The van der Waals surface area contributed by atoms with Gasteiger partial charge < -0.3 is 4.74 Å². The zero-order valence-electron chi connectivity index (χ0n) is 18.1. The summed E-state index contributed by atoms with van der Waals surface area (Å²) in [6, 6.07) is 11.9. The smallest absolute Gasteiger partial charge is 0.416 e. The van der Waals surface area contributed by atoms with E-state index in [2.05, 4.69) is 0 Å². The molecule has 2 aromatic rings. The minimum atomic E-state index is -4.53. The van der Waals surface area contributed by atoms with Gasteiger partial charge in [0.1, 0.15) is 5.75 Å². The fourth-order valence-electron chi connectivity index (χ4n) is 4.76. The molecule has 4 nitrogen and oxygen atoms in total. The highest BCUT2D eigenvalue weighted by Gasteiger charge is 2.45. The van der Waals surface area contributed by atoms with Gasteiger partial charge in [-0.15, -0.1) is 0 Å². The Hall–Kier alpha value is -3.09. The minimum Gasteiger partial charge on any atom is -0.496 e. The van der Waals surface area contributed by atoms with Gasteiger partial charge >= 0.3 is 6.18 Å². The van der Waals surface area contributed by atoms with Crippen LogP contribution in [0, 0.1) is 5.41 Å². The number of alkyl halides is 3. The number of ether oxygens (including phenoxy) is 1. The molecule has 1 amide bonds. The summed E-state index contributed by atoms with van der Waals surface area (Å²) in [5.41, 5.74) is 0.578. The number of carbonyl (C=O) groups excluding carboxylic acids is 2. The Kier molecular flexibility index (Phi) is 5.39. The molecule has 1 heterocycles. The maximum atomic E-state index is 13.4. The third-order valence-corrected chi connectivity index (χ3v) is 6.09. The highest BCUT2D eigenvalue weighted by Crippen LogP contribution is 2.49. The van der Waals surface area contributed by atoms with E-state index in [-0.39, 0.29) is 23.8 Å². The van der Waals surface area contributed by atoms with E-state index in [1.54, 1.807) is 6.07 Å². The second-order valence-corrected chi connectivity index (χ2v) is 9.08. The third kappa shape index (κ3) is 3.92. The number of Topliss-reactive ketones (excluding diaryl/α,β-unsaturated/α-hetero) is 1. The van der Waals surface area contributed by atoms with Crippen LogP contribution in [0.25, 0.3) is 0 Å². The number of anilines is 1. The Bertz CT molecular complexity index is 1120. The number of allylic oxidation sites excluding steroid dienone is 2. The van der Waals surface area contributed by atoms with Gasteiger partial charge in [0, 0.05) is 41.3 Å². The minimum absolute atomic E-state index is 0.0262. The average molecular weight is 443 g/mol. The zero-order chi connectivity index (χ0) is 23.3. The molecule has 0 N–H and O–H groups in total. The summed E-state index contributed by atoms with van der Waals surface area (Å²) in [6.07, 6.45) is -3.85. The molecule has 0 aromatic heterocycles. The predicted octanol–water partition coefficient (Wildman–Crippen LogP) is 5.88. The monoisotopic (exact) mass is 443 g/mol. The van der Waals surface area contributed by atoms with E-state index in [9.17, 15) is 22.8 Å². The van der Waals surface area contributed by atoms with E-state index in [4.69, 9.17) is 4.74 Å². The van der Waals surface area contributed by atoms with Crippen LogP contribution in [0.3, 0.4) is 0 Å². The first kappa shape index (κ1) is 22.1. The van der Waals surface area contributed by atoms with Crippen LogP contribution in [0.2, 0.25) is 0 Å². The molecular weight excluding hydrogens is 419 g/mol. The molecule has 1 aliphatic heterocycles. The lowest BCUT2D eigenvalue weighted by molar-refractivity contribution is -0.137. The van der Waals surface area contributed by atoms with Gasteiger partial charge in [-0.2, -0.15) is 13.2 Å². The van der Waals surface area contributed by atoms with Crippen LogP contribution in [-0.2, 0) is 15.8 Å². The van der Waals surface area contributed by atoms with E-state index in [0.717, 1.165) is 17.7 Å². The Morgan fingerprint density at radius 1 is 1.03 bits per heavy atom. The standard InChI is InChI=1S/C25H24F3NO3/c1-24(2)13-19-23(20(30)14-24)18(17-9-4-5-10-21(17)32-3)12-22(31)29(19)16-8-6-7-15(11-16)25(26,27)28/h4-11,18H,12-14H2,1-3H3. The molecule has 0 saturated heterocycles. The second-order valence-electron chi connectivity index (χ2n) is 9.08. The molecule has 1 atom stereocenters. The maximum Gasteiger partial charge on any atom is 0.416 e. The van der Waals surface area contributed by atoms with Gasteiger partial charge in [-0.25, -0.2) is 0 Å². The van der Waals surface area contributed by atoms with Crippen molar-refractivity contribution in [3.05, 3.63) is 70.9 Å². The number of benzene rings is 2. The number of amides is 1. The van der Waals surface area contributed by atoms with Gasteiger partial charge in [0.05, 0.1) is 12.7 Å². The molecule has 2 aliphatic rings. The molecule has 32 heavy (non-hydrogen) atoms. The molecule has 4 rings (SSSR count). The van der Waals surface area contributed by atoms with E-state index < -0.39 is 23.1 Å². The average Bonchev–Trinajstić information content (AvgIpc) is 2.71. The van der Waals surface area contributed by atoms with Gasteiger partial charge in [-0.05, 0) is 36.1 Å². The fourth-order valence-corrected chi connectivity index (χ4v) is 4.76. The summed E-state index contributed by atoms with van der Waals surface area (Å²) in [7, 11) is 1.53. The second kappa shape index (κ2) is 7.80. The van der Waals surface area contributed by atoms with Crippen molar-refractivity contribution in [2.45, 2.75) is 45.2 Å². The van der Waals surface area contributed by atoms with E-state index >= 15 is 0 Å². The number of nitrogens with zero attached hydrogens (tertiary/aromatic N) is 1. The quantitative estimate of drug-likeness (QED) is 0.595. The number of halogens is 3. The van der Waals surface area contributed by atoms with E-state index in [0.29, 0.717) is 29.9 Å². The number of ketones is 1. The maximum absolute atomic E-state index is 13.4. The van der Waals surface area contributed by atoms with Gasteiger partial charge in [0.25, 0.3) is 0 Å². The third-order valence-electron chi connectivity index (χ3n) is 6.09. The Morgan fingerprint density at radius 3 is 2.44 bits per heavy atom. The summed E-state index contributed by atoms with van der Waals surface area (Å²) in [5, 5.41) is 0. The van der Waals surface area contributed by atoms with Crippen molar-refractivity contribution in [2.24, 2.45) is 5.41 Å². The lowest BCUT2D eigenvalue weighted by atomic mass is 9.69. The van der Waals surface area contributed by atoms with Gasteiger partial charge in [-0.1, -0.05) is 38.1 Å². The largest absolute Gasteiger partial charge is 0.496 e. The molecule has 1 aliphatic carbocycles. The summed E-state index contributed by atoms with van der Waals surface area (Å²) in [4.78, 5) is 28.0. The van der Waals surface area contributed by atoms with Crippen molar-refractivity contribution in [3.8, 4) is 5.75 Å². The molecular formula is C25H24F3NO3. The van der Waals surface area contributed by atoms with Crippen molar-refractivity contribution >= 4 is 17.4 Å². The van der Waals surface area contributed by atoms with Crippen molar-refractivity contribution in [3.63, 3.8) is 0 Å². The zero-order valence-corrected chi connectivity index (χ0v) is 18.1. The topological polar surface area (TPSA) is 46.6 Å². The number of hydrogen-bond donors (Lipinski definition) is 0. The molecule has 0 spiro atoms. The molecule has 0 bridgehead atoms. The van der Waals surface area contributed by atoms with Crippen LogP contribution in [0.15, 0.2) is 59.8 Å². The Balaban J connectivity index is 1.91. The summed E-state index contributed by atoms with van der Waals surface area (Å²) in [6.45, 7) is 3.85. The molecule has 0 saturated carbocycles. The Labute approximate surface area is 184 Å². The summed E-state index contributed by atoms with van der Waals surface area (Å²) >= 11 is 0. The van der Waals surface area contributed by atoms with Crippen molar-refractivity contribution in [2.75, 3.05) is 12.0 Å². The number of carbonyl (C=O) groups is 2. The highest BCUT2D eigenvalue weighted by molar-refractivity contribution is 6.08. The van der Waals surface area contributed by atoms with Crippen LogP contribution in [0.4, 0.5) is 18.9 Å². The van der Waals surface area contributed by atoms with E-state index in [1.807, 2.05) is 32.0 Å². The first-order chi connectivity index (χ1) is 15.0. The lowest BCUT2D eigenvalue weighted by Crippen LogP contribution is -2.43. The Morgan fingerprint density at radius 2 is 1.75 bits per heavy atom. The molecule has 0 fully saturated rings. The van der Waals surface area contributed by atoms with E-state index in [1.165, 1.54) is 24.1 Å². The molecule has 7 heteroatoms. The van der Waals surface area contributed by atoms with Crippen LogP contribution < -0.4 is 9.64 Å². The number of hydrogen-bond acceptors (Lipinski definition) is 3. The predicted molar refractivity (Wildman–Crippen MR) is 114 cm³/mol. The molecule has 1 unspecified atom stereocenters. The summed E-state index contributed by atoms with van der Waals surface area (Å²) in [5.74, 6) is -0.359. The fraction of sp³-hybridized carbons (Fsp3) is 0.360. The SMILES string of the molecule is COc1ccccc1C1CC(=O)N(c2cccc(C(F)(F)F)c2)C2=C1C(=O)CC(C)(C)C2. The summed E-state index contributed by atoms with van der Waals surface area (Å²) < 4.78 is 45.5. The van der Waals surface area contributed by atoms with Gasteiger partial charge in [0.15, 0.2) is 5.78 Å². The van der Waals surface area contributed by atoms with Crippen LogP contribution in [-0.4, -0.2) is 18.8 Å². The van der Waals surface area contributed by atoms with Crippen molar-refractivity contribution in [1.82, 2.24) is 0 Å². The molecule has 2 aromatic carbocycles. The number of rotatable bonds is 3.